The van der Waals surface area contributed by atoms with Crippen LogP contribution in [-0.2, 0) is 20.2 Å². The Bertz CT molecular complexity index is 1450. The molecule has 0 saturated carbocycles. The molecule has 0 heterocycles. The molecule has 0 aliphatic heterocycles. The number of benzene rings is 3. The van der Waals surface area contributed by atoms with Crippen LogP contribution in [-0.4, -0.2) is 33.1 Å². The van der Waals surface area contributed by atoms with Gasteiger partial charge < -0.3 is 10.5 Å². The van der Waals surface area contributed by atoms with Gasteiger partial charge in [0, 0.05) is 6.07 Å². The zero-order chi connectivity index (χ0) is 24.2. The van der Waals surface area contributed by atoms with Gasteiger partial charge >= 0.3 is 0 Å². The Kier molecular flexibility index (Phi) is 6.83. The summed E-state index contributed by atoms with van der Waals surface area (Å²) in [5.41, 5.74) is 6.60. The molecule has 12 nitrogen and oxygen atoms in total. The Hall–Kier alpha value is -3.72. The second kappa shape index (κ2) is 9.41. The highest BCUT2D eigenvalue weighted by molar-refractivity contribution is 7.86. The molecular formula is C19H17N5O7S2. The van der Waals surface area contributed by atoms with Crippen molar-refractivity contribution < 1.29 is 30.7 Å². The van der Waals surface area contributed by atoms with Crippen molar-refractivity contribution in [2.24, 2.45) is 20.5 Å². The van der Waals surface area contributed by atoms with E-state index in [1.807, 2.05) is 0 Å². The van der Waals surface area contributed by atoms with E-state index in [1.165, 1.54) is 37.4 Å². The molecule has 0 atom stereocenters. The average molecular weight is 492 g/mol. The molecule has 14 heteroatoms. The molecule has 0 fully saturated rings. The van der Waals surface area contributed by atoms with Gasteiger partial charge in [-0.3, -0.25) is 9.11 Å². The lowest BCUT2D eigenvalue weighted by molar-refractivity contribution is 0.417. The number of hydrogen-bond donors (Lipinski definition) is 3. The van der Waals surface area contributed by atoms with Crippen molar-refractivity contribution in [1.29, 1.82) is 0 Å². The quantitative estimate of drug-likeness (QED) is 0.242. The van der Waals surface area contributed by atoms with E-state index in [-0.39, 0.29) is 22.0 Å². The molecule has 0 radical (unpaired) electrons. The Morgan fingerprint density at radius 2 is 1.27 bits per heavy atom. The molecule has 0 aromatic heterocycles. The summed E-state index contributed by atoms with van der Waals surface area (Å²) in [6.07, 6.45) is 0. The van der Waals surface area contributed by atoms with Crippen molar-refractivity contribution in [3.63, 3.8) is 0 Å². The van der Waals surface area contributed by atoms with Gasteiger partial charge in [0.25, 0.3) is 20.2 Å². The summed E-state index contributed by atoms with van der Waals surface area (Å²) in [4.78, 5) is -0.865. The number of rotatable bonds is 7. The summed E-state index contributed by atoms with van der Waals surface area (Å²) in [6, 6.07) is 13.1. The minimum atomic E-state index is -4.68. The number of azo groups is 2. The van der Waals surface area contributed by atoms with E-state index in [1.54, 1.807) is 12.1 Å². The van der Waals surface area contributed by atoms with Gasteiger partial charge in [0.1, 0.15) is 16.3 Å². The van der Waals surface area contributed by atoms with Crippen molar-refractivity contribution in [2.45, 2.75) is 9.79 Å². The van der Waals surface area contributed by atoms with Crippen molar-refractivity contribution in [1.82, 2.24) is 0 Å². The number of anilines is 1. The van der Waals surface area contributed by atoms with E-state index >= 15 is 0 Å². The lowest BCUT2D eigenvalue weighted by Gasteiger charge is -2.05. The highest BCUT2D eigenvalue weighted by atomic mass is 32.2. The summed E-state index contributed by atoms with van der Waals surface area (Å²) in [5.74, 6) is 0.363. The molecule has 0 bridgehead atoms. The molecule has 3 aromatic carbocycles. The van der Waals surface area contributed by atoms with Crippen molar-refractivity contribution in [3.8, 4) is 5.75 Å². The second-order valence-electron chi connectivity index (χ2n) is 6.42. The van der Waals surface area contributed by atoms with Crippen molar-refractivity contribution >= 4 is 48.7 Å². The maximum absolute atomic E-state index is 11.8. The minimum Gasteiger partial charge on any atom is -0.495 e. The molecule has 0 amide bonds. The van der Waals surface area contributed by atoms with Gasteiger partial charge in [-0.25, -0.2) is 0 Å². The Balaban J connectivity index is 1.90. The largest absolute Gasteiger partial charge is 0.495 e. The van der Waals surface area contributed by atoms with Gasteiger partial charge in [-0.2, -0.15) is 32.2 Å². The molecular weight excluding hydrogens is 474 g/mol. The SMILES string of the molecule is COc1cc(N=Nc2ccc(N=Nc3ccc(S(=O)(=O)O)cc3)cc2S(=O)(=O)O)ccc1N. The first-order valence-electron chi connectivity index (χ1n) is 8.93. The zero-order valence-electron chi connectivity index (χ0n) is 16.9. The van der Waals surface area contributed by atoms with Crippen molar-refractivity contribution in [3.05, 3.63) is 60.7 Å². The Morgan fingerprint density at radius 3 is 1.88 bits per heavy atom. The minimum absolute atomic E-state index is 0.0644. The van der Waals surface area contributed by atoms with Crippen LogP contribution in [0.5, 0.6) is 5.75 Å². The highest BCUT2D eigenvalue weighted by Gasteiger charge is 2.17. The number of ether oxygens (including phenoxy) is 1. The van der Waals surface area contributed by atoms with Crippen LogP contribution in [0.2, 0.25) is 0 Å². The number of nitrogens with zero attached hydrogens (tertiary/aromatic N) is 4. The summed E-state index contributed by atoms with van der Waals surface area (Å²) >= 11 is 0. The predicted octanol–water partition coefficient (Wildman–Crippen LogP) is 4.60. The smallest absolute Gasteiger partial charge is 0.296 e. The van der Waals surface area contributed by atoms with Gasteiger partial charge in [-0.15, -0.1) is 5.11 Å². The number of nitrogen functional groups attached to an aromatic ring is 1. The van der Waals surface area contributed by atoms with E-state index in [0.717, 1.165) is 18.2 Å². The molecule has 0 saturated heterocycles. The molecule has 3 aromatic rings. The predicted molar refractivity (Wildman–Crippen MR) is 118 cm³/mol. The molecule has 0 spiro atoms. The van der Waals surface area contributed by atoms with Crippen molar-refractivity contribution in [2.75, 3.05) is 12.8 Å². The van der Waals surface area contributed by atoms with Crippen LogP contribution < -0.4 is 10.5 Å². The number of hydrogen-bond acceptors (Lipinski definition) is 10. The fourth-order valence-electron chi connectivity index (χ4n) is 2.53. The van der Waals surface area contributed by atoms with Gasteiger partial charge in [0.15, 0.2) is 0 Å². The monoisotopic (exact) mass is 491 g/mol. The van der Waals surface area contributed by atoms with Gasteiger partial charge in [-0.1, -0.05) is 0 Å². The van der Waals surface area contributed by atoms with Crippen LogP contribution in [0.15, 0.2) is 90.9 Å². The number of methoxy groups -OCH3 is 1. The normalized spacial score (nSPS) is 12.5. The molecule has 33 heavy (non-hydrogen) atoms. The maximum atomic E-state index is 11.8. The maximum Gasteiger partial charge on any atom is 0.296 e. The third-order valence-corrected chi connectivity index (χ3v) is 5.88. The molecule has 0 aliphatic carbocycles. The van der Waals surface area contributed by atoms with Crippen LogP contribution in [0, 0.1) is 0 Å². The Morgan fingerprint density at radius 1 is 0.727 bits per heavy atom. The van der Waals surface area contributed by atoms with Crippen LogP contribution >= 0.6 is 0 Å². The lowest BCUT2D eigenvalue weighted by atomic mass is 10.2. The average Bonchev–Trinajstić information content (AvgIpc) is 2.76. The third kappa shape index (κ3) is 6.17. The van der Waals surface area contributed by atoms with E-state index < -0.39 is 25.1 Å². The van der Waals surface area contributed by atoms with Gasteiger partial charge in [-0.05, 0) is 54.6 Å². The summed E-state index contributed by atoms with van der Waals surface area (Å²) in [5, 5.41) is 15.6. The third-order valence-electron chi connectivity index (χ3n) is 4.13. The fourth-order valence-corrected chi connectivity index (χ4v) is 3.65. The molecule has 3 rings (SSSR count). The van der Waals surface area contributed by atoms with Gasteiger partial charge in [0.05, 0.1) is 34.8 Å². The lowest BCUT2D eigenvalue weighted by Crippen LogP contribution is -1.98. The molecule has 4 N–H and O–H groups in total. The van der Waals surface area contributed by atoms with Crippen LogP contribution in [0.25, 0.3) is 0 Å². The van der Waals surface area contributed by atoms with E-state index in [2.05, 4.69) is 20.5 Å². The van der Waals surface area contributed by atoms with Gasteiger partial charge in [0.2, 0.25) is 0 Å². The highest BCUT2D eigenvalue weighted by Crippen LogP contribution is 2.32. The number of nitrogens with two attached hydrogens (primary N) is 1. The fraction of sp³-hybridized carbons (Fsp3) is 0.0526. The van der Waals surface area contributed by atoms with Crippen LogP contribution in [0.3, 0.4) is 0 Å². The summed E-state index contributed by atoms with van der Waals surface area (Å²) in [6.45, 7) is 0. The zero-order valence-corrected chi connectivity index (χ0v) is 18.5. The second-order valence-corrected chi connectivity index (χ2v) is 9.23. The molecule has 0 unspecified atom stereocenters. The first kappa shape index (κ1) is 23.9. The summed E-state index contributed by atoms with van der Waals surface area (Å²) in [7, 11) is -7.59. The van der Waals surface area contributed by atoms with Crippen LogP contribution in [0.1, 0.15) is 0 Å². The summed E-state index contributed by atoms with van der Waals surface area (Å²) < 4.78 is 69.5. The standard InChI is InChI=1S/C19H17N5O7S2/c1-31-18-10-13(4-8-16(18)20)23-24-17-9-5-14(11-19(17)33(28,29)30)22-21-12-2-6-15(7-3-12)32(25,26)27/h2-11H,20H2,1H3,(H,25,26,27)(H,28,29,30). The Labute approximate surface area is 189 Å². The molecule has 0 aliphatic rings. The molecule has 172 valence electrons. The first-order chi connectivity index (χ1) is 15.5. The van der Waals surface area contributed by atoms with Crippen LogP contribution in [0.4, 0.5) is 28.4 Å². The topological polar surface area (TPSA) is 193 Å². The van der Waals surface area contributed by atoms with E-state index in [9.17, 15) is 21.4 Å². The van der Waals surface area contributed by atoms with E-state index in [0.29, 0.717) is 17.1 Å². The van der Waals surface area contributed by atoms with E-state index in [4.69, 9.17) is 15.0 Å². The first-order valence-corrected chi connectivity index (χ1v) is 11.8.